The number of hydrogen-bond acceptors (Lipinski definition) is 4. The number of hydrogen-bond donors (Lipinski definition) is 2. The molecule has 2 heterocycles. The van der Waals surface area contributed by atoms with Gasteiger partial charge in [-0.05, 0) is 24.6 Å². The van der Waals surface area contributed by atoms with Gasteiger partial charge < -0.3 is 10.1 Å². The third-order valence-electron chi connectivity index (χ3n) is 3.35. The minimum Gasteiger partial charge on any atom is -0.381 e. The first-order chi connectivity index (χ1) is 10.2. The molecule has 1 unspecified atom stereocenters. The molecule has 0 bridgehead atoms. The van der Waals surface area contributed by atoms with E-state index in [2.05, 4.69) is 20.5 Å². The van der Waals surface area contributed by atoms with Crippen LogP contribution < -0.4 is 5.32 Å². The van der Waals surface area contributed by atoms with Crippen molar-refractivity contribution in [2.24, 2.45) is 0 Å². The van der Waals surface area contributed by atoms with Crippen LogP contribution in [0.25, 0.3) is 0 Å². The molecule has 6 nitrogen and oxygen atoms in total. The van der Waals surface area contributed by atoms with Gasteiger partial charge in [0, 0.05) is 23.1 Å². The van der Waals surface area contributed by atoms with Crippen molar-refractivity contribution >= 4 is 17.5 Å². The Labute approximate surface area is 126 Å². The van der Waals surface area contributed by atoms with Gasteiger partial charge in [-0.15, -0.1) is 0 Å². The number of H-pyrrole nitrogens is 1. The molecule has 2 aromatic rings. The van der Waals surface area contributed by atoms with Crippen LogP contribution in [-0.4, -0.2) is 34.3 Å². The molecule has 1 aliphatic rings. The van der Waals surface area contributed by atoms with Crippen molar-refractivity contribution in [3.8, 4) is 0 Å². The van der Waals surface area contributed by atoms with Crippen LogP contribution in [0.5, 0.6) is 0 Å². The first-order valence-electron chi connectivity index (χ1n) is 6.75. The quantitative estimate of drug-likeness (QED) is 0.904. The maximum absolute atomic E-state index is 12.0. The molecule has 3 rings (SSSR count). The van der Waals surface area contributed by atoms with Crippen LogP contribution >= 0.6 is 11.6 Å². The predicted octanol–water partition coefficient (Wildman–Crippen LogP) is 1.89. The monoisotopic (exact) mass is 306 g/mol. The summed E-state index contributed by atoms with van der Waals surface area (Å²) in [4.78, 5) is 16.4. The lowest BCUT2D eigenvalue weighted by molar-refractivity contribution is 0.0950. The van der Waals surface area contributed by atoms with Crippen molar-refractivity contribution in [2.45, 2.75) is 18.9 Å². The van der Waals surface area contributed by atoms with E-state index in [1.807, 2.05) is 0 Å². The molecule has 0 spiro atoms. The number of halogens is 1. The number of nitrogens with one attached hydrogen (secondary N) is 2. The number of nitrogens with zero attached hydrogens (tertiary/aromatic N) is 2. The number of rotatable bonds is 4. The van der Waals surface area contributed by atoms with Crippen molar-refractivity contribution in [3.05, 3.63) is 46.5 Å². The molecule has 110 valence electrons. The molecular formula is C14H15ClN4O2. The fourth-order valence-corrected chi connectivity index (χ4v) is 2.40. The van der Waals surface area contributed by atoms with Crippen molar-refractivity contribution in [2.75, 3.05) is 13.2 Å². The second-order valence-electron chi connectivity index (χ2n) is 4.89. The Balaban J connectivity index is 1.58. The summed E-state index contributed by atoms with van der Waals surface area (Å²) in [5, 5.41) is 10.3. The number of ether oxygens (including phenoxy) is 1. The fourth-order valence-electron chi connectivity index (χ4n) is 2.21. The second kappa shape index (κ2) is 6.24. The molecule has 21 heavy (non-hydrogen) atoms. The highest BCUT2D eigenvalue weighted by Crippen LogP contribution is 2.21. The summed E-state index contributed by atoms with van der Waals surface area (Å²) >= 11 is 5.86. The number of amides is 1. The fraction of sp³-hybridized carbons (Fsp3) is 0.357. The number of aromatic nitrogens is 3. The molecule has 1 aliphatic heterocycles. The van der Waals surface area contributed by atoms with Gasteiger partial charge in [-0.3, -0.25) is 9.89 Å². The zero-order chi connectivity index (χ0) is 14.7. The van der Waals surface area contributed by atoms with Crippen LogP contribution in [0.2, 0.25) is 5.02 Å². The maximum Gasteiger partial charge on any atom is 0.251 e. The largest absolute Gasteiger partial charge is 0.381 e. The molecule has 0 radical (unpaired) electrons. The number of benzene rings is 1. The Kier molecular flexibility index (Phi) is 4.17. The van der Waals surface area contributed by atoms with E-state index < -0.39 is 0 Å². The third kappa shape index (κ3) is 3.40. The van der Waals surface area contributed by atoms with Crippen molar-refractivity contribution < 1.29 is 9.53 Å². The smallest absolute Gasteiger partial charge is 0.251 e. The zero-order valence-electron chi connectivity index (χ0n) is 11.3. The predicted molar refractivity (Wildman–Crippen MR) is 77.2 cm³/mol. The molecule has 0 saturated carbocycles. The van der Waals surface area contributed by atoms with E-state index in [-0.39, 0.29) is 11.8 Å². The Morgan fingerprint density at radius 1 is 1.52 bits per heavy atom. The van der Waals surface area contributed by atoms with Gasteiger partial charge in [0.25, 0.3) is 5.91 Å². The average Bonchev–Trinajstić information content (AvgIpc) is 3.15. The highest BCUT2D eigenvalue weighted by atomic mass is 35.5. The van der Waals surface area contributed by atoms with Crippen LogP contribution in [0.1, 0.15) is 34.3 Å². The molecule has 1 fully saturated rings. The van der Waals surface area contributed by atoms with Crippen LogP contribution in [0, 0.1) is 0 Å². The molecule has 7 heteroatoms. The lowest BCUT2D eigenvalue weighted by Crippen LogP contribution is -2.23. The third-order valence-corrected chi connectivity index (χ3v) is 3.58. The summed E-state index contributed by atoms with van der Waals surface area (Å²) < 4.78 is 5.31. The Morgan fingerprint density at radius 2 is 2.43 bits per heavy atom. The number of carbonyl (C=O) groups is 1. The summed E-state index contributed by atoms with van der Waals surface area (Å²) in [7, 11) is 0. The van der Waals surface area contributed by atoms with Crippen molar-refractivity contribution in [3.63, 3.8) is 0 Å². The highest BCUT2D eigenvalue weighted by molar-refractivity contribution is 6.30. The Morgan fingerprint density at radius 3 is 3.19 bits per heavy atom. The van der Waals surface area contributed by atoms with Gasteiger partial charge >= 0.3 is 0 Å². The van der Waals surface area contributed by atoms with E-state index in [1.165, 1.54) is 0 Å². The number of carbonyl (C=O) groups excluding carboxylic acids is 1. The van der Waals surface area contributed by atoms with Crippen LogP contribution in [-0.2, 0) is 11.3 Å². The van der Waals surface area contributed by atoms with Crippen LogP contribution in [0.4, 0.5) is 0 Å². The zero-order valence-corrected chi connectivity index (χ0v) is 12.1. The lowest BCUT2D eigenvalue weighted by Gasteiger charge is -2.03. The van der Waals surface area contributed by atoms with Gasteiger partial charge in [0.1, 0.15) is 5.82 Å². The summed E-state index contributed by atoms with van der Waals surface area (Å²) in [5.74, 6) is 1.44. The van der Waals surface area contributed by atoms with E-state index in [0.29, 0.717) is 29.6 Å². The SMILES string of the molecule is O=C(NCc1nc(C2CCOC2)n[nH]1)c1cccc(Cl)c1. The molecule has 2 N–H and O–H groups in total. The van der Waals surface area contributed by atoms with Gasteiger partial charge in [-0.1, -0.05) is 17.7 Å². The van der Waals surface area contributed by atoms with E-state index in [9.17, 15) is 4.79 Å². The molecule has 0 aliphatic carbocycles. The van der Waals surface area contributed by atoms with Gasteiger partial charge in [-0.2, -0.15) is 5.10 Å². The van der Waals surface area contributed by atoms with Gasteiger partial charge in [-0.25, -0.2) is 4.98 Å². The van der Waals surface area contributed by atoms with E-state index in [4.69, 9.17) is 16.3 Å². The number of aromatic amines is 1. The van der Waals surface area contributed by atoms with Gasteiger partial charge in [0.15, 0.2) is 5.82 Å². The molecule has 1 atom stereocenters. The minimum atomic E-state index is -0.195. The van der Waals surface area contributed by atoms with Crippen LogP contribution in [0.3, 0.4) is 0 Å². The first kappa shape index (κ1) is 14.0. The van der Waals surface area contributed by atoms with Gasteiger partial charge in [0.2, 0.25) is 0 Å². The maximum atomic E-state index is 12.0. The molecular weight excluding hydrogens is 292 g/mol. The van der Waals surface area contributed by atoms with Crippen molar-refractivity contribution in [1.82, 2.24) is 20.5 Å². The average molecular weight is 307 g/mol. The van der Waals surface area contributed by atoms with Gasteiger partial charge in [0.05, 0.1) is 13.2 Å². The summed E-state index contributed by atoms with van der Waals surface area (Å²) in [6, 6.07) is 6.80. The standard InChI is InChI=1S/C14H15ClN4O2/c15-11-3-1-2-9(6-11)14(20)16-7-12-17-13(19-18-12)10-4-5-21-8-10/h1-3,6,10H,4-5,7-8H2,(H,16,20)(H,17,18,19). The summed E-state index contributed by atoms with van der Waals surface area (Å²) in [5.41, 5.74) is 0.520. The first-order valence-corrected chi connectivity index (χ1v) is 7.13. The lowest BCUT2D eigenvalue weighted by atomic mass is 10.1. The minimum absolute atomic E-state index is 0.195. The van der Waals surface area contributed by atoms with E-state index >= 15 is 0 Å². The van der Waals surface area contributed by atoms with Crippen molar-refractivity contribution in [1.29, 1.82) is 0 Å². The van der Waals surface area contributed by atoms with E-state index in [1.54, 1.807) is 24.3 Å². The topological polar surface area (TPSA) is 79.9 Å². The molecule has 1 saturated heterocycles. The Bertz CT molecular complexity index is 637. The molecule has 1 aromatic heterocycles. The molecule has 1 aromatic carbocycles. The summed E-state index contributed by atoms with van der Waals surface area (Å²) in [6.07, 6.45) is 0.937. The second-order valence-corrected chi connectivity index (χ2v) is 5.33. The van der Waals surface area contributed by atoms with Crippen LogP contribution in [0.15, 0.2) is 24.3 Å². The normalized spacial score (nSPS) is 17.9. The molecule has 1 amide bonds. The Hall–Kier alpha value is -1.92. The van der Waals surface area contributed by atoms with E-state index in [0.717, 1.165) is 18.9 Å². The summed E-state index contributed by atoms with van der Waals surface area (Å²) in [6.45, 7) is 1.71. The highest BCUT2D eigenvalue weighted by Gasteiger charge is 2.21.